The molecule has 4 nitrogen and oxygen atoms in total. The van der Waals surface area contributed by atoms with Gasteiger partial charge < -0.3 is 15.1 Å². The Morgan fingerprint density at radius 3 is 2.33 bits per heavy atom. The fourth-order valence-electron chi connectivity index (χ4n) is 2.93. The SMILES string of the molecule is CN(CCN1CCCCC1)C(=O)c1ccc(CNC(C)(C)C)cc1. The van der Waals surface area contributed by atoms with Crippen LogP contribution in [0.3, 0.4) is 0 Å². The number of carbonyl (C=O) groups excluding carboxylic acids is 1. The van der Waals surface area contributed by atoms with Gasteiger partial charge in [0.25, 0.3) is 5.91 Å². The molecule has 0 bridgehead atoms. The van der Waals surface area contributed by atoms with Crippen LogP contribution in [0.2, 0.25) is 0 Å². The lowest BCUT2D eigenvalue weighted by Crippen LogP contribution is -2.38. The van der Waals surface area contributed by atoms with Gasteiger partial charge in [0.15, 0.2) is 0 Å². The van der Waals surface area contributed by atoms with E-state index >= 15 is 0 Å². The van der Waals surface area contributed by atoms with Crippen molar-refractivity contribution in [1.29, 1.82) is 0 Å². The van der Waals surface area contributed by atoms with E-state index < -0.39 is 0 Å². The molecule has 1 amide bonds. The lowest BCUT2D eigenvalue weighted by atomic mass is 10.1. The Bertz CT molecular complexity index is 513. The molecule has 0 aromatic heterocycles. The number of likely N-dealkylation sites (tertiary alicyclic amines) is 1. The molecule has 0 spiro atoms. The van der Waals surface area contributed by atoms with E-state index in [9.17, 15) is 4.79 Å². The van der Waals surface area contributed by atoms with Crippen LogP contribution in [-0.2, 0) is 6.54 Å². The monoisotopic (exact) mass is 331 g/mol. The van der Waals surface area contributed by atoms with E-state index in [1.165, 1.54) is 37.9 Å². The summed E-state index contributed by atoms with van der Waals surface area (Å²) in [5, 5.41) is 3.47. The minimum Gasteiger partial charge on any atom is -0.340 e. The topological polar surface area (TPSA) is 35.6 Å². The van der Waals surface area contributed by atoms with Gasteiger partial charge in [0.2, 0.25) is 0 Å². The Kier molecular flexibility index (Phi) is 6.81. The third kappa shape index (κ3) is 6.25. The number of likely N-dealkylation sites (N-methyl/N-ethyl adjacent to an activating group) is 1. The second kappa shape index (κ2) is 8.63. The van der Waals surface area contributed by atoms with E-state index in [1.54, 1.807) is 0 Å². The van der Waals surface area contributed by atoms with Crippen molar-refractivity contribution in [3.05, 3.63) is 35.4 Å². The third-order valence-corrected chi connectivity index (χ3v) is 4.57. The fraction of sp³-hybridized carbons (Fsp3) is 0.650. The maximum absolute atomic E-state index is 12.5. The van der Waals surface area contributed by atoms with Gasteiger partial charge in [0, 0.05) is 37.8 Å². The van der Waals surface area contributed by atoms with E-state index in [4.69, 9.17) is 0 Å². The lowest BCUT2D eigenvalue weighted by molar-refractivity contribution is 0.0773. The molecule has 1 aromatic carbocycles. The number of benzene rings is 1. The predicted octanol–water partition coefficient (Wildman–Crippen LogP) is 3.13. The number of hydrogen-bond donors (Lipinski definition) is 1. The summed E-state index contributed by atoms with van der Waals surface area (Å²) in [4.78, 5) is 16.8. The first-order chi connectivity index (χ1) is 11.3. The highest BCUT2D eigenvalue weighted by Gasteiger charge is 2.15. The molecule has 0 saturated carbocycles. The van der Waals surface area contributed by atoms with Crippen molar-refractivity contribution in [3.8, 4) is 0 Å². The number of rotatable bonds is 6. The zero-order valence-electron chi connectivity index (χ0n) is 15.8. The first-order valence-corrected chi connectivity index (χ1v) is 9.17. The van der Waals surface area contributed by atoms with Crippen molar-refractivity contribution in [2.24, 2.45) is 0 Å². The number of nitrogens with one attached hydrogen (secondary N) is 1. The van der Waals surface area contributed by atoms with Gasteiger partial charge in [-0.2, -0.15) is 0 Å². The summed E-state index contributed by atoms with van der Waals surface area (Å²) in [6.45, 7) is 11.4. The van der Waals surface area contributed by atoms with Gasteiger partial charge in [-0.1, -0.05) is 18.6 Å². The summed E-state index contributed by atoms with van der Waals surface area (Å²) in [6.07, 6.45) is 3.94. The summed E-state index contributed by atoms with van der Waals surface area (Å²) in [7, 11) is 1.90. The number of piperidine rings is 1. The molecule has 0 unspecified atom stereocenters. The summed E-state index contributed by atoms with van der Waals surface area (Å²) in [5.41, 5.74) is 2.08. The molecule has 1 saturated heterocycles. The van der Waals surface area contributed by atoms with Crippen LogP contribution in [0.15, 0.2) is 24.3 Å². The van der Waals surface area contributed by atoms with Crippen molar-refractivity contribution in [3.63, 3.8) is 0 Å². The Labute approximate surface area is 147 Å². The first kappa shape index (κ1) is 18.9. The van der Waals surface area contributed by atoms with E-state index in [0.29, 0.717) is 0 Å². The summed E-state index contributed by atoms with van der Waals surface area (Å²) < 4.78 is 0. The minimum atomic E-state index is 0.100. The van der Waals surface area contributed by atoms with Crippen LogP contribution in [0.5, 0.6) is 0 Å². The van der Waals surface area contributed by atoms with Crippen molar-refractivity contribution >= 4 is 5.91 Å². The minimum absolute atomic E-state index is 0.100. The van der Waals surface area contributed by atoms with Gasteiger partial charge in [0.1, 0.15) is 0 Å². The average Bonchev–Trinajstić information content (AvgIpc) is 2.58. The molecular weight excluding hydrogens is 298 g/mol. The average molecular weight is 332 g/mol. The quantitative estimate of drug-likeness (QED) is 0.870. The predicted molar refractivity (Wildman–Crippen MR) is 100 cm³/mol. The van der Waals surface area contributed by atoms with Crippen molar-refractivity contribution in [1.82, 2.24) is 15.1 Å². The van der Waals surface area contributed by atoms with Crippen LogP contribution < -0.4 is 5.32 Å². The summed E-state index contributed by atoms with van der Waals surface area (Å²) in [5.74, 6) is 0.113. The van der Waals surface area contributed by atoms with Crippen LogP contribution in [-0.4, -0.2) is 54.5 Å². The van der Waals surface area contributed by atoms with Crippen LogP contribution in [0.1, 0.15) is 56.0 Å². The summed E-state index contributed by atoms with van der Waals surface area (Å²) >= 11 is 0. The largest absolute Gasteiger partial charge is 0.340 e. The van der Waals surface area contributed by atoms with Gasteiger partial charge in [0.05, 0.1) is 0 Å². The van der Waals surface area contributed by atoms with Gasteiger partial charge in [-0.15, -0.1) is 0 Å². The molecule has 1 heterocycles. The Morgan fingerprint density at radius 2 is 1.75 bits per heavy atom. The van der Waals surface area contributed by atoms with E-state index in [2.05, 4.69) is 31.0 Å². The molecule has 0 atom stereocenters. The van der Waals surface area contributed by atoms with E-state index in [-0.39, 0.29) is 11.4 Å². The van der Waals surface area contributed by atoms with Gasteiger partial charge in [-0.25, -0.2) is 0 Å². The number of hydrogen-bond acceptors (Lipinski definition) is 3. The highest BCUT2D eigenvalue weighted by atomic mass is 16.2. The molecule has 1 fully saturated rings. The molecule has 1 aliphatic heterocycles. The summed E-state index contributed by atoms with van der Waals surface area (Å²) in [6, 6.07) is 7.98. The van der Waals surface area contributed by atoms with Crippen molar-refractivity contribution < 1.29 is 4.79 Å². The fourth-order valence-corrected chi connectivity index (χ4v) is 2.93. The van der Waals surface area contributed by atoms with Gasteiger partial charge in [-0.3, -0.25) is 4.79 Å². The van der Waals surface area contributed by atoms with E-state index in [0.717, 1.165) is 25.2 Å². The van der Waals surface area contributed by atoms with Crippen LogP contribution in [0, 0.1) is 0 Å². The van der Waals surface area contributed by atoms with Crippen LogP contribution in [0.4, 0.5) is 0 Å². The lowest BCUT2D eigenvalue weighted by Gasteiger charge is -2.28. The van der Waals surface area contributed by atoms with Gasteiger partial charge in [-0.05, 0) is 64.4 Å². The second-order valence-electron chi connectivity index (χ2n) is 7.93. The van der Waals surface area contributed by atoms with E-state index in [1.807, 2.05) is 36.2 Å². The maximum Gasteiger partial charge on any atom is 0.253 e. The zero-order chi connectivity index (χ0) is 17.6. The number of carbonyl (C=O) groups is 1. The second-order valence-corrected chi connectivity index (χ2v) is 7.93. The highest BCUT2D eigenvalue weighted by molar-refractivity contribution is 5.94. The maximum atomic E-state index is 12.5. The molecule has 4 heteroatoms. The van der Waals surface area contributed by atoms with Crippen LogP contribution >= 0.6 is 0 Å². The van der Waals surface area contributed by atoms with Crippen LogP contribution in [0.25, 0.3) is 0 Å². The highest BCUT2D eigenvalue weighted by Crippen LogP contribution is 2.11. The Morgan fingerprint density at radius 1 is 1.12 bits per heavy atom. The first-order valence-electron chi connectivity index (χ1n) is 9.17. The number of nitrogens with zero attached hydrogens (tertiary/aromatic N) is 2. The molecule has 2 rings (SSSR count). The normalized spacial score (nSPS) is 16.2. The molecule has 0 radical (unpaired) electrons. The smallest absolute Gasteiger partial charge is 0.253 e. The van der Waals surface area contributed by atoms with Gasteiger partial charge >= 0.3 is 0 Å². The molecule has 24 heavy (non-hydrogen) atoms. The molecule has 1 aliphatic rings. The van der Waals surface area contributed by atoms with Crippen molar-refractivity contribution in [2.75, 3.05) is 33.2 Å². The number of amides is 1. The standard InChI is InChI=1S/C20H33N3O/c1-20(2,3)21-16-17-8-10-18(11-9-17)19(24)22(4)14-15-23-12-6-5-7-13-23/h8-11,21H,5-7,12-16H2,1-4H3. The molecule has 1 N–H and O–H groups in total. The van der Waals surface area contributed by atoms with Crippen molar-refractivity contribution in [2.45, 2.75) is 52.1 Å². The molecule has 1 aromatic rings. The third-order valence-electron chi connectivity index (χ3n) is 4.57. The molecule has 134 valence electrons. The Balaban J connectivity index is 1.82. The molecular formula is C20H33N3O. The zero-order valence-corrected chi connectivity index (χ0v) is 15.8. The Hall–Kier alpha value is -1.39. The molecule has 0 aliphatic carbocycles.